The molecule has 0 bridgehead atoms. The van der Waals surface area contributed by atoms with Gasteiger partial charge in [0.25, 0.3) is 5.91 Å². The van der Waals surface area contributed by atoms with Crippen molar-refractivity contribution in [1.29, 1.82) is 0 Å². The van der Waals surface area contributed by atoms with Crippen LogP contribution in [0.4, 0.5) is 0 Å². The summed E-state index contributed by atoms with van der Waals surface area (Å²) in [5.41, 5.74) is 0.579. The first-order valence-corrected chi connectivity index (χ1v) is 7.77. The Morgan fingerprint density at radius 1 is 1.33 bits per heavy atom. The number of piperidine rings is 1. The SMILES string of the molecule is CCC(CC)NC(=O)C1CCN(C(=O)c2ccoc2)CC1. The minimum absolute atomic E-state index is 0.0115. The van der Waals surface area contributed by atoms with E-state index in [4.69, 9.17) is 4.42 Å². The van der Waals surface area contributed by atoms with Gasteiger partial charge in [-0.1, -0.05) is 13.8 Å². The Morgan fingerprint density at radius 3 is 2.52 bits per heavy atom. The average Bonchev–Trinajstić information content (AvgIpc) is 3.06. The fraction of sp³-hybridized carbons (Fsp3) is 0.625. The second kappa shape index (κ2) is 7.29. The maximum absolute atomic E-state index is 12.2. The van der Waals surface area contributed by atoms with Crippen molar-refractivity contribution in [3.05, 3.63) is 24.2 Å². The standard InChI is InChI=1S/C16H24N2O3/c1-3-14(4-2)17-15(19)12-5-8-18(9-6-12)16(20)13-7-10-21-11-13/h7,10-12,14H,3-6,8-9H2,1-2H3,(H,17,19). The Labute approximate surface area is 125 Å². The Bertz CT molecular complexity index is 458. The average molecular weight is 292 g/mol. The monoisotopic (exact) mass is 292 g/mol. The van der Waals surface area contributed by atoms with Gasteiger partial charge in [-0.2, -0.15) is 0 Å². The quantitative estimate of drug-likeness (QED) is 0.906. The summed E-state index contributed by atoms with van der Waals surface area (Å²) in [7, 11) is 0. The second-order valence-corrected chi connectivity index (χ2v) is 5.60. The predicted molar refractivity (Wildman–Crippen MR) is 79.8 cm³/mol. The molecule has 116 valence electrons. The fourth-order valence-corrected chi connectivity index (χ4v) is 2.73. The molecule has 0 atom stereocenters. The lowest BCUT2D eigenvalue weighted by Crippen LogP contribution is -2.45. The van der Waals surface area contributed by atoms with E-state index < -0.39 is 0 Å². The molecular formula is C16H24N2O3. The van der Waals surface area contributed by atoms with Crippen molar-refractivity contribution in [3.63, 3.8) is 0 Å². The largest absolute Gasteiger partial charge is 0.472 e. The smallest absolute Gasteiger partial charge is 0.257 e. The van der Waals surface area contributed by atoms with E-state index in [2.05, 4.69) is 19.2 Å². The zero-order chi connectivity index (χ0) is 15.2. The molecule has 1 aromatic heterocycles. The van der Waals surface area contributed by atoms with Crippen LogP contribution in [0, 0.1) is 5.92 Å². The number of likely N-dealkylation sites (tertiary alicyclic amines) is 1. The predicted octanol–water partition coefficient (Wildman–Crippen LogP) is 2.44. The second-order valence-electron chi connectivity index (χ2n) is 5.60. The van der Waals surface area contributed by atoms with E-state index >= 15 is 0 Å². The molecule has 2 rings (SSSR count). The summed E-state index contributed by atoms with van der Waals surface area (Å²) in [5, 5.41) is 3.10. The summed E-state index contributed by atoms with van der Waals surface area (Å²) in [6, 6.07) is 1.94. The molecule has 0 aliphatic carbocycles. The number of nitrogens with zero attached hydrogens (tertiary/aromatic N) is 1. The van der Waals surface area contributed by atoms with Gasteiger partial charge in [0, 0.05) is 25.0 Å². The molecule has 2 amide bonds. The maximum atomic E-state index is 12.2. The molecule has 1 fully saturated rings. The van der Waals surface area contributed by atoms with Crippen LogP contribution in [0.5, 0.6) is 0 Å². The van der Waals surface area contributed by atoms with Gasteiger partial charge in [0.1, 0.15) is 6.26 Å². The van der Waals surface area contributed by atoms with Crippen molar-refractivity contribution in [2.24, 2.45) is 5.92 Å². The van der Waals surface area contributed by atoms with Crippen LogP contribution in [-0.2, 0) is 4.79 Å². The molecule has 0 radical (unpaired) electrons. The number of nitrogens with one attached hydrogen (secondary N) is 1. The van der Waals surface area contributed by atoms with Gasteiger partial charge in [0.05, 0.1) is 11.8 Å². The van der Waals surface area contributed by atoms with E-state index in [1.807, 2.05) is 0 Å². The number of carbonyl (C=O) groups is 2. The van der Waals surface area contributed by atoms with E-state index in [0.717, 1.165) is 25.7 Å². The molecule has 0 saturated carbocycles. The third-order valence-corrected chi connectivity index (χ3v) is 4.25. The highest BCUT2D eigenvalue weighted by Crippen LogP contribution is 2.20. The summed E-state index contributed by atoms with van der Waals surface area (Å²) >= 11 is 0. The van der Waals surface area contributed by atoms with Crippen LogP contribution in [-0.4, -0.2) is 35.8 Å². The van der Waals surface area contributed by atoms with Crippen LogP contribution >= 0.6 is 0 Å². The van der Waals surface area contributed by atoms with Crippen LogP contribution < -0.4 is 5.32 Å². The molecule has 5 heteroatoms. The van der Waals surface area contributed by atoms with Crippen molar-refractivity contribution >= 4 is 11.8 Å². The molecule has 1 saturated heterocycles. The lowest BCUT2D eigenvalue weighted by molar-refractivity contribution is -0.127. The topological polar surface area (TPSA) is 62.6 Å². The highest BCUT2D eigenvalue weighted by molar-refractivity contribution is 5.94. The van der Waals surface area contributed by atoms with Gasteiger partial charge in [-0.25, -0.2) is 0 Å². The maximum Gasteiger partial charge on any atom is 0.257 e. The zero-order valence-corrected chi connectivity index (χ0v) is 12.8. The Kier molecular flexibility index (Phi) is 5.42. The Morgan fingerprint density at radius 2 is 2.00 bits per heavy atom. The molecule has 21 heavy (non-hydrogen) atoms. The third-order valence-electron chi connectivity index (χ3n) is 4.25. The van der Waals surface area contributed by atoms with Gasteiger partial charge in [-0.05, 0) is 31.7 Å². The van der Waals surface area contributed by atoms with Crippen LogP contribution in [0.2, 0.25) is 0 Å². The molecule has 0 aromatic carbocycles. The fourth-order valence-electron chi connectivity index (χ4n) is 2.73. The minimum atomic E-state index is -0.0115. The van der Waals surface area contributed by atoms with Crippen LogP contribution in [0.3, 0.4) is 0 Å². The zero-order valence-electron chi connectivity index (χ0n) is 12.8. The van der Waals surface area contributed by atoms with Crippen molar-refractivity contribution in [2.75, 3.05) is 13.1 Å². The van der Waals surface area contributed by atoms with Gasteiger partial charge in [-0.3, -0.25) is 9.59 Å². The lowest BCUT2D eigenvalue weighted by atomic mass is 9.95. The first-order chi connectivity index (χ1) is 10.2. The van der Waals surface area contributed by atoms with Gasteiger partial charge in [0.2, 0.25) is 5.91 Å². The van der Waals surface area contributed by atoms with Crippen LogP contribution in [0.1, 0.15) is 49.9 Å². The normalized spacial score (nSPS) is 16.2. The third kappa shape index (κ3) is 3.86. The van der Waals surface area contributed by atoms with Gasteiger partial charge in [-0.15, -0.1) is 0 Å². The van der Waals surface area contributed by atoms with Gasteiger partial charge in [0.15, 0.2) is 0 Å². The van der Waals surface area contributed by atoms with Crippen molar-refractivity contribution in [1.82, 2.24) is 10.2 Å². The van der Waals surface area contributed by atoms with Gasteiger partial charge >= 0.3 is 0 Å². The molecule has 2 heterocycles. The summed E-state index contributed by atoms with van der Waals surface area (Å²) in [6.07, 6.45) is 6.35. The molecule has 1 aliphatic heterocycles. The first-order valence-electron chi connectivity index (χ1n) is 7.77. The molecule has 0 spiro atoms. The molecule has 5 nitrogen and oxygen atoms in total. The number of hydrogen-bond donors (Lipinski definition) is 1. The van der Waals surface area contributed by atoms with Gasteiger partial charge < -0.3 is 14.6 Å². The molecule has 1 N–H and O–H groups in total. The molecular weight excluding hydrogens is 268 g/mol. The van der Waals surface area contributed by atoms with Crippen molar-refractivity contribution < 1.29 is 14.0 Å². The molecule has 0 unspecified atom stereocenters. The van der Waals surface area contributed by atoms with E-state index in [-0.39, 0.29) is 23.8 Å². The lowest BCUT2D eigenvalue weighted by Gasteiger charge is -2.31. The molecule has 1 aliphatic rings. The number of carbonyl (C=O) groups excluding carboxylic acids is 2. The molecule has 1 aromatic rings. The number of hydrogen-bond acceptors (Lipinski definition) is 3. The minimum Gasteiger partial charge on any atom is -0.472 e. The van der Waals surface area contributed by atoms with E-state index in [1.165, 1.54) is 12.5 Å². The van der Waals surface area contributed by atoms with Crippen molar-refractivity contribution in [2.45, 2.75) is 45.6 Å². The Balaban J connectivity index is 1.83. The summed E-state index contributed by atoms with van der Waals surface area (Å²) in [4.78, 5) is 26.2. The van der Waals surface area contributed by atoms with Crippen LogP contribution in [0.15, 0.2) is 23.0 Å². The van der Waals surface area contributed by atoms with E-state index in [0.29, 0.717) is 18.7 Å². The number of amides is 2. The van der Waals surface area contributed by atoms with Crippen LogP contribution in [0.25, 0.3) is 0 Å². The highest BCUT2D eigenvalue weighted by atomic mass is 16.3. The van der Waals surface area contributed by atoms with E-state index in [9.17, 15) is 9.59 Å². The number of rotatable bonds is 5. The number of furan rings is 1. The summed E-state index contributed by atoms with van der Waals surface area (Å²) < 4.78 is 4.94. The summed E-state index contributed by atoms with van der Waals surface area (Å²) in [5.74, 6) is 0.153. The van der Waals surface area contributed by atoms with Crippen molar-refractivity contribution in [3.8, 4) is 0 Å². The first kappa shape index (κ1) is 15.6. The highest BCUT2D eigenvalue weighted by Gasteiger charge is 2.28. The Hall–Kier alpha value is -1.78. The summed E-state index contributed by atoms with van der Waals surface area (Å²) in [6.45, 7) is 5.43. The van der Waals surface area contributed by atoms with E-state index in [1.54, 1.807) is 11.0 Å².